The van der Waals surface area contributed by atoms with Crippen LogP contribution in [0, 0.1) is 0 Å². The lowest BCUT2D eigenvalue weighted by molar-refractivity contribution is 0.860. The molecule has 3 heterocycles. The Morgan fingerprint density at radius 2 is 2.32 bits per heavy atom. The summed E-state index contributed by atoms with van der Waals surface area (Å²) in [7, 11) is 2.09. The van der Waals surface area contributed by atoms with Crippen molar-refractivity contribution in [2.24, 2.45) is 5.73 Å². The van der Waals surface area contributed by atoms with E-state index in [1.165, 1.54) is 11.3 Å². The second kappa shape index (κ2) is 5.32. The highest BCUT2D eigenvalue weighted by molar-refractivity contribution is 7.15. The Labute approximate surface area is 120 Å². The highest BCUT2D eigenvalue weighted by Gasteiger charge is 2.16. The summed E-state index contributed by atoms with van der Waals surface area (Å²) in [6.45, 7) is 1.52. The van der Waals surface area contributed by atoms with Gasteiger partial charge in [-0.05, 0) is 28.9 Å². The number of anilines is 1. The van der Waals surface area contributed by atoms with Gasteiger partial charge in [0.1, 0.15) is 0 Å². The molecule has 0 saturated heterocycles. The third kappa shape index (κ3) is 2.39. The zero-order chi connectivity index (χ0) is 13.2. The lowest BCUT2D eigenvalue weighted by Gasteiger charge is -2.17. The van der Waals surface area contributed by atoms with Crippen molar-refractivity contribution in [2.75, 3.05) is 18.5 Å². The number of fused-ring (bicyclic) bond motifs is 1. The van der Waals surface area contributed by atoms with Crippen molar-refractivity contribution in [2.45, 2.75) is 13.0 Å². The van der Waals surface area contributed by atoms with Crippen LogP contribution in [-0.2, 0) is 13.0 Å². The number of rotatable bonds is 5. The summed E-state index contributed by atoms with van der Waals surface area (Å²) in [5.41, 5.74) is 8.26. The second-order valence-corrected chi connectivity index (χ2v) is 6.12. The van der Waals surface area contributed by atoms with E-state index in [0.717, 1.165) is 23.7 Å². The third-order valence-corrected chi connectivity index (χ3v) is 4.57. The van der Waals surface area contributed by atoms with Crippen molar-refractivity contribution in [3.05, 3.63) is 39.7 Å². The molecular weight excluding hydrogens is 276 g/mol. The summed E-state index contributed by atoms with van der Waals surface area (Å²) in [6.07, 6.45) is 2.92. The highest BCUT2D eigenvalue weighted by atomic mass is 32.1. The third-order valence-electron chi connectivity index (χ3n) is 3.08. The molecule has 0 radical (unpaired) electrons. The lowest BCUT2D eigenvalue weighted by Crippen LogP contribution is -2.19. The van der Waals surface area contributed by atoms with Crippen LogP contribution in [0.5, 0.6) is 0 Å². The first-order valence-corrected chi connectivity index (χ1v) is 7.98. The molecule has 0 atom stereocenters. The van der Waals surface area contributed by atoms with Gasteiger partial charge < -0.3 is 10.6 Å². The van der Waals surface area contributed by atoms with Crippen molar-refractivity contribution >= 4 is 33.5 Å². The van der Waals surface area contributed by atoms with Crippen molar-refractivity contribution in [3.8, 4) is 0 Å². The smallest absolute Gasteiger partial charge is 0.195 e. The minimum absolute atomic E-state index is 0.642. The molecule has 0 spiro atoms. The van der Waals surface area contributed by atoms with Gasteiger partial charge in [0.15, 0.2) is 10.8 Å². The molecule has 19 heavy (non-hydrogen) atoms. The molecular formula is C13H16N4S2. The fourth-order valence-electron chi connectivity index (χ4n) is 2.23. The van der Waals surface area contributed by atoms with Crippen LogP contribution < -0.4 is 10.6 Å². The number of nitrogens with two attached hydrogens (primary N) is 1. The molecule has 100 valence electrons. The summed E-state index contributed by atoms with van der Waals surface area (Å²) < 4.78 is 2.15. The van der Waals surface area contributed by atoms with E-state index >= 15 is 0 Å². The van der Waals surface area contributed by atoms with Crippen LogP contribution >= 0.6 is 22.7 Å². The van der Waals surface area contributed by atoms with Crippen LogP contribution in [0.1, 0.15) is 11.3 Å². The number of hydrogen-bond acceptors (Lipinski definition) is 5. The molecule has 6 heteroatoms. The Kier molecular flexibility index (Phi) is 3.54. The monoisotopic (exact) mass is 292 g/mol. The first kappa shape index (κ1) is 12.7. The van der Waals surface area contributed by atoms with Gasteiger partial charge in [0.05, 0.1) is 5.69 Å². The molecule has 0 amide bonds. The molecule has 0 fully saturated rings. The highest BCUT2D eigenvalue weighted by Crippen LogP contribution is 2.25. The maximum absolute atomic E-state index is 5.73. The molecule has 2 N–H and O–H groups in total. The first-order chi connectivity index (χ1) is 9.29. The maximum atomic E-state index is 5.73. The molecule has 0 saturated carbocycles. The minimum Gasteiger partial charge on any atom is -0.354 e. The van der Waals surface area contributed by atoms with E-state index < -0.39 is 0 Å². The topological polar surface area (TPSA) is 46.6 Å². The molecule has 0 unspecified atom stereocenters. The number of thiophene rings is 1. The molecule has 0 aliphatic carbocycles. The van der Waals surface area contributed by atoms with Gasteiger partial charge in [-0.2, -0.15) is 11.3 Å². The van der Waals surface area contributed by atoms with Crippen molar-refractivity contribution in [1.82, 2.24) is 9.38 Å². The molecule has 0 aliphatic rings. The Bertz CT molecular complexity index is 653. The van der Waals surface area contributed by atoms with Crippen molar-refractivity contribution in [1.29, 1.82) is 0 Å². The van der Waals surface area contributed by atoms with E-state index in [1.807, 2.05) is 0 Å². The van der Waals surface area contributed by atoms with Crippen LogP contribution in [0.2, 0.25) is 0 Å². The van der Waals surface area contributed by atoms with E-state index in [0.29, 0.717) is 6.54 Å². The van der Waals surface area contributed by atoms with Crippen molar-refractivity contribution in [3.63, 3.8) is 0 Å². The average Bonchev–Trinajstić information content (AvgIpc) is 3.07. The molecule has 0 aliphatic heterocycles. The zero-order valence-electron chi connectivity index (χ0n) is 10.7. The largest absolute Gasteiger partial charge is 0.354 e. The van der Waals surface area contributed by atoms with E-state index in [1.54, 1.807) is 22.7 Å². The van der Waals surface area contributed by atoms with Crippen LogP contribution in [0.4, 0.5) is 5.82 Å². The summed E-state index contributed by atoms with van der Waals surface area (Å²) >= 11 is 3.39. The van der Waals surface area contributed by atoms with Gasteiger partial charge in [-0.25, -0.2) is 4.98 Å². The predicted octanol–water partition coefficient (Wildman–Crippen LogP) is 2.59. The Balaban J connectivity index is 1.94. The van der Waals surface area contributed by atoms with E-state index in [-0.39, 0.29) is 0 Å². The van der Waals surface area contributed by atoms with Gasteiger partial charge in [0.2, 0.25) is 0 Å². The van der Waals surface area contributed by atoms with Gasteiger partial charge in [0.25, 0.3) is 0 Å². The minimum atomic E-state index is 0.642. The van der Waals surface area contributed by atoms with E-state index in [4.69, 9.17) is 10.7 Å². The van der Waals surface area contributed by atoms with E-state index in [2.05, 4.69) is 44.8 Å². The van der Waals surface area contributed by atoms with Gasteiger partial charge in [-0.3, -0.25) is 4.40 Å². The summed E-state index contributed by atoms with van der Waals surface area (Å²) in [5, 5.41) is 6.35. The SMILES string of the molecule is CN(Cc1ccsc1)c1nc2sccn2c1CCN. The maximum Gasteiger partial charge on any atom is 0.195 e. The molecule has 0 bridgehead atoms. The van der Waals surface area contributed by atoms with Crippen LogP contribution in [0.15, 0.2) is 28.4 Å². The molecule has 0 aromatic carbocycles. The van der Waals surface area contributed by atoms with Gasteiger partial charge in [-0.1, -0.05) is 0 Å². The summed E-state index contributed by atoms with van der Waals surface area (Å²) in [5.74, 6) is 1.04. The standard InChI is InChI=1S/C13H16N4S2/c1-16(8-10-3-6-18-9-10)12-11(2-4-14)17-5-7-19-13(17)15-12/h3,5-7,9H,2,4,8,14H2,1H3. The average molecular weight is 292 g/mol. The van der Waals surface area contributed by atoms with Gasteiger partial charge in [-0.15, -0.1) is 11.3 Å². The number of aromatic nitrogens is 2. The fraction of sp³-hybridized carbons (Fsp3) is 0.308. The number of thiazole rings is 1. The summed E-state index contributed by atoms with van der Waals surface area (Å²) in [4.78, 5) is 7.97. The van der Waals surface area contributed by atoms with Crippen LogP contribution in [0.25, 0.3) is 4.96 Å². The van der Waals surface area contributed by atoms with Gasteiger partial charge in [0, 0.05) is 31.6 Å². The Hall–Kier alpha value is -1.37. The number of hydrogen-bond donors (Lipinski definition) is 1. The number of imidazole rings is 1. The summed E-state index contributed by atoms with van der Waals surface area (Å²) in [6, 6.07) is 2.15. The molecule has 3 aromatic rings. The fourth-order valence-corrected chi connectivity index (χ4v) is 3.62. The first-order valence-electron chi connectivity index (χ1n) is 6.16. The number of nitrogens with zero attached hydrogens (tertiary/aromatic N) is 3. The molecule has 3 aromatic heterocycles. The van der Waals surface area contributed by atoms with Crippen LogP contribution in [-0.4, -0.2) is 23.0 Å². The molecule has 4 nitrogen and oxygen atoms in total. The Morgan fingerprint density at radius 1 is 1.42 bits per heavy atom. The molecule has 3 rings (SSSR count). The lowest BCUT2D eigenvalue weighted by atomic mass is 10.2. The Morgan fingerprint density at radius 3 is 3.05 bits per heavy atom. The van der Waals surface area contributed by atoms with Crippen LogP contribution in [0.3, 0.4) is 0 Å². The second-order valence-electron chi connectivity index (χ2n) is 4.46. The normalized spacial score (nSPS) is 11.3. The van der Waals surface area contributed by atoms with E-state index in [9.17, 15) is 0 Å². The van der Waals surface area contributed by atoms with Crippen molar-refractivity contribution < 1.29 is 0 Å². The quantitative estimate of drug-likeness (QED) is 0.786. The van der Waals surface area contributed by atoms with Gasteiger partial charge >= 0.3 is 0 Å². The zero-order valence-corrected chi connectivity index (χ0v) is 12.4. The predicted molar refractivity (Wildman–Crippen MR) is 82.3 cm³/mol.